The van der Waals surface area contributed by atoms with Gasteiger partial charge in [-0.15, -0.1) is 0 Å². The lowest BCUT2D eigenvalue weighted by molar-refractivity contribution is -0.153. The number of amides is 3. The van der Waals surface area contributed by atoms with Gasteiger partial charge in [0, 0.05) is 18.7 Å². The summed E-state index contributed by atoms with van der Waals surface area (Å²) in [5.41, 5.74) is -0.877. The molecule has 1 fully saturated rings. The maximum absolute atomic E-state index is 13.6. The molecule has 0 spiro atoms. The summed E-state index contributed by atoms with van der Waals surface area (Å²) in [6.45, 7) is 4.11. The van der Waals surface area contributed by atoms with E-state index in [0.717, 1.165) is 23.1 Å². The van der Waals surface area contributed by atoms with Gasteiger partial charge in [-0.25, -0.2) is 9.18 Å². The highest BCUT2D eigenvalue weighted by atomic mass is 35.5. The molecule has 2 heterocycles. The van der Waals surface area contributed by atoms with Crippen LogP contribution in [0.1, 0.15) is 45.1 Å². The molecule has 1 saturated heterocycles. The van der Waals surface area contributed by atoms with Crippen LogP contribution in [0.25, 0.3) is 0 Å². The number of benzene rings is 1. The van der Waals surface area contributed by atoms with Crippen LogP contribution in [0, 0.1) is 5.82 Å². The average Bonchev–Trinajstić information content (AvgIpc) is 3.32. The number of likely N-dealkylation sites (tertiary alicyclic amines) is 1. The minimum absolute atomic E-state index is 0.0761. The van der Waals surface area contributed by atoms with Crippen LogP contribution in [-0.4, -0.2) is 53.6 Å². The topological polar surface area (TPSA) is 110 Å². The Kier molecular flexibility index (Phi) is 9.36. The van der Waals surface area contributed by atoms with E-state index in [1.54, 1.807) is 20.8 Å². The highest BCUT2D eigenvalue weighted by molar-refractivity contribution is 6.30. The fourth-order valence-electron chi connectivity index (χ4n) is 3.79. The Morgan fingerprint density at radius 2 is 1.85 bits per heavy atom. The van der Waals surface area contributed by atoms with Gasteiger partial charge in [0.1, 0.15) is 29.0 Å². The zero-order chi connectivity index (χ0) is 29.0. The van der Waals surface area contributed by atoms with Crippen LogP contribution in [-0.2, 0) is 27.0 Å². The van der Waals surface area contributed by atoms with Gasteiger partial charge in [-0.1, -0.05) is 11.6 Å². The Balaban J connectivity index is 1.61. The third kappa shape index (κ3) is 8.77. The van der Waals surface area contributed by atoms with E-state index in [4.69, 9.17) is 25.5 Å². The first kappa shape index (κ1) is 30.1. The number of carbonyl (C=O) groups excluding carboxylic acids is 3. The van der Waals surface area contributed by atoms with Gasteiger partial charge in [-0.2, -0.15) is 13.2 Å². The minimum atomic E-state index is -4.66. The van der Waals surface area contributed by atoms with Crippen molar-refractivity contribution in [3.63, 3.8) is 0 Å². The van der Waals surface area contributed by atoms with Crippen molar-refractivity contribution in [3.05, 3.63) is 52.7 Å². The molecule has 1 aliphatic heterocycles. The smallest absolute Gasteiger partial charge is 0.449 e. The zero-order valence-electron chi connectivity index (χ0n) is 21.4. The van der Waals surface area contributed by atoms with Gasteiger partial charge in [0.25, 0.3) is 5.91 Å². The van der Waals surface area contributed by atoms with Crippen LogP contribution in [0.3, 0.4) is 0 Å². The van der Waals surface area contributed by atoms with Crippen LogP contribution in [0.4, 0.5) is 22.4 Å². The summed E-state index contributed by atoms with van der Waals surface area (Å²) in [4.78, 5) is 39.4. The number of alkyl halides is 3. The number of nitrogens with one attached hydrogen (secondary N) is 2. The number of furan rings is 1. The normalized spacial score (nSPS) is 17.9. The summed E-state index contributed by atoms with van der Waals surface area (Å²) in [5.74, 6) is -3.07. The second kappa shape index (κ2) is 12.1. The van der Waals surface area contributed by atoms with Crippen molar-refractivity contribution >= 4 is 29.5 Å². The van der Waals surface area contributed by atoms with Crippen molar-refractivity contribution < 1.29 is 45.8 Å². The predicted molar refractivity (Wildman–Crippen MR) is 130 cm³/mol. The second-order valence-electron chi connectivity index (χ2n) is 9.84. The molecule has 0 saturated carbocycles. The summed E-state index contributed by atoms with van der Waals surface area (Å²) in [6.07, 6.45) is -5.02. The van der Waals surface area contributed by atoms with E-state index in [1.165, 1.54) is 12.1 Å². The molecular formula is C25H28ClF4N3O6. The van der Waals surface area contributed by atoms with E-state index in [0.29, 0.717) is 6.42 Å². The third-order valence-electron chi connectivity index (χ3n) is 5.52. The molecule has 14 heteroatoms. The molecule has 2 N–H and O–H groups in total. The van der Waals surface area contributed by atoms with E-state index in [1.807, 2.05) is 0 Å². The van der Waals surface area contributed by atoms with Gasteiger partial charge in [0.15, 0.2) is 6.61 Å². The third-order valence-corrected chi connectivity index (χ3v) is 5.82. The summed E-state index contributed by atoms with van der Waals surface area (Å²) in [6, 6.07) is 4.03. The molecule has 214 valence electrons. The average molecular weight is 578 g/mol. The Morgan fingerprint density at radius 3 is 2.46 bits per heavy atom. The number of hydrogen-bond acceptors (Lipinski definition) is 6. The van der Waals surface area contributed by atoms with Crippen LogP contribution < -0.4 is 15.4 Å². The van der Waals surface area contributed by atoms with E-state index in [2.05, 4.69) is 10.6 Å². The molecule has 1 aliphatic rings. The van der Waals surface area contributed by atoms with Crippen molar-refractivity contribution in [2.24, 2.45) is 0 Å². The molecule has 0 radical (unpaired) electrons. The number of carbonyl (C=O) groups is 3. The molecule has 2 atom stereocenters. The van der Waals surface area contributed by atoms with Crippen molar-refractivity contribution in [1.82, 2.24) is 15.5 Å². The summed E-state index contributed by atoms with van der Waals surface area (Å²) < 4.78 is 67.3. The highest BCUT2D eigenvalue weighted by Crippen LogP contribution is 2.30. The van der Waals surface area contributed by atoms with Gasteiger partial charge in [-0.05, 0) is 57.9 Å². The molecule has 0 unspecified atom stereocenters. The fourth-order valence-corrected chi connectivity index (χ4v) is 3.90. The Morgan fingerprint density at radius 1 is 1.13 bits per heavy atom. The van der Waals surface area contributed by atoms with E-state index in [-0.39, 0.29) is 36.0 Å². The first-order valence-electron chi connectivity index (χ1n) is 11.9. The van der Waals surface area contributed by atoms with Crippen LogP contribution in [0.15, 0.2) is 34.7 Å². The fraction of sp³-hybridized carbons (Fsp3) is 0.480. The molecule has 2 aromatic rings. The molecule has 1 aromatic carbocycles. The second-order valence-corrected chi connectivity index (χ2v) is 10.2. The Labute approximate surface area is 226 Å². The van der Waals surface area contributed by atoms with Crippen molar-refractivity contribution in [1.29, 1.82) is 0 Å². The van der Waals surface area contributed by atoms with Gasteiger partial charge in [0.05, 0.1) is 11.6 Å². The molecular weight excluding hydrogens is 550 g/mol. The lowest BCUT2D eigenvalue weighted by Gasteiger charge is -2.39. The number of piperidine rings is 1. The summed E-state index contributed by atoms with van der Waals surface area (Å²) in [7, 11) is 0. The molecule has 0 aliphatic carbocycles. The van der Waals surface area contributed by atoms with Gasteiger partial charge >= 0.3 is 12.3 Å². The summed E-state index contributed by atoms with van der Waals surface area (Å²) in [5, 5.41) is 5.10. The molecule has 9 nitrogen and oxygen atoms in total. The largest absolute Gasteiger partial charge is 0.484 e. The van der Waals surface area contributed by atoms with Gasteiger partial charge in [-0.3, -0.25) is 14.5 Å². The van der Waals surface area contributed by atoms with Gasteiger partial charge in [0.2, 0.25) is 11.7 Å². The molecule has 0 bridgehead atoms. The standard InChI is InChI=1S/C25H28ClF4N3O6/c1-24(2,3)39-23(36)33-12-14(32-21(34)13-37-15-5-7-17(26)18(27)10-15)4-8-19(33)22(35)31-11-16-6-9-20(38-16)25(28,29)30/h5-7,9-10,14,19H,4,8,11-13H2,1-3H3,(H,31,35)(H,32,34)/t14-,19+/m0/s1. The van der Waals surface area contributed by atoms with E-state index < -0.39 is 60.0 Å². The number of halogens is 5. The zero-order valence-corrected chi connectivity index (χ0v) is 22.1. The molecule has 1 aromatic heterocycles. The predicted octanol–water partition coefficient (Wildman–Crippen LogP) is 4.67. The monoisotopic (exact) mass is 577 g/mol. The maximum Gasteiger partial charge on any atom is 0.449 e. The van der Waals surface area contributed by atoms with Crippen molar-refractivity contribution in [2.45, 2.75) is 64.0 Å². The van der Waals surface area contributed by atoms with Crippen molar-refractivity contribution in [3.8, 4) is 5.75 Å². The quantitative estimate of drug-likeness (QED) is 0.463. The Bertz CT molecular complexity index is 1200. The van der Waals surface area contributed by atoms with Crippen LogP contribution in [0.2, 0.25) is 5.02 Å². The minimum Gasteiger partial charge on any atom is -0.484 e. The molecule has 3 amide bonds. The number of rotatable bonds is 7. The van der Waals surface area contributed by atoms with Crippen molar-refractivity contribution in [2.75, 3.05) is 13.2 Å². The lowest BCUT2D eigenvalue weighted by atomic mass is 9.97. The van der Waals surface area contributed by atoms with Crippen LogP contribution in [0.5, 0.6) is 5.75 Å². The maximum atomic E-state index is 13.6. The van der Waals surface area contributed by atoms with E-state index >= 15 is 0 Å². The lowest BCUT2D eigenvalue weighted by Crippen LogP contribution is -2.59. The molecule has 39 heavy (non-hydrogen) atoms. The molecule has 3 rings (SSSR count). The SMILES string of the molecule is CC(C)(C)OC(=O)N1C[C@@H](NC(=O)COc2ccc(Cl)c(F)c2)CC[C@@H]1C(=O)NCc1ccc(C(F)(F)F)o1. The first-order chi connectivity index (χ1) is 18.1. The number of nitrogens with zero attached hydrogens (tertiary/aromatic N) is 1. The number of hydrogen-bond donors (Lipinski definition) is 2. The highest BCUT2D eigenvalue weighted by Gasteiger charge is 2.39. The Hall–Kier alpha value is -3.48. The van der Waals surface area contributed by atoms with Crippen LogP contribution >= 0.6 is 11.6 Å². The van der Waals surface area contributed by atoms with Gasteiger partial charge < -0.3 is 24.5 Å². The first-order valence-corrected chi connectivity index (χ1v) is 12.3. The van der Waals surface area contributed by atoms with E-state index in [9.17, 15) is 31.9 Å². The number of ether oxygens (including phenoxy) is 2. The summed E-state index contributed by atoms with van der Waals surface area (Å²) >= 11 is 5.63.